The van der Waals surface area contributed by atoms with Crippen molar-refractivity contribution in [2.75, 3.05) is 13.1 Å². The summed E-state index contributed by atoms with van der Waals surface area (Å²) < 4.78 is 31.8. The van der Waals surface area contributed by atoms with Crippen LogP contribution in [0.2, 0.25) is 0 Å². The second kappa shape index (κ2) is 6.42. The fourth-order valence-corrected chi connectivity index (χ4v) is 4.18. The van der Waals surface area contributed by atoms with Crippen LogP contribution in [0.4, 0.5) is 0 Å². The lowest BCUT2D eigenvalue weighted by Gasteiger charge is -2.15. The van der Waals surface area contributed by atoms with Crippen LogP contribution in [-0.4, -0.2) is 31.9 Å². The molecule has 0 radical (unpaired) electrons. The Balaban J connectivity index is 0.00000176. The molecule has 0 aliphatic carbocycles. The second-order valence-electron chi connectivity index (χ2n) is 5.37. The van der Waals surface area contributed by atoms with Crippen molar-refractivity contribution in [3.63, 3.8) is 0 Å². The maximum Gasteiger partial charge on any atom is 0.276 e. The van der Waals surface area contributed by atoms with Gasteiger partial charge >= 0.3 is 0 Å². The maximum atomic E-state index is 12.5. The molecule has 2 atom stereocenters. The van der Waals surface area contributed by atoms with Crippen molar-refractivity contribution >= 4 is 22.4 Å². The van der Waals surface area contributed by atoms with Crippen molar-refractivity contribution in [3.05, 3.63) is 53.8 Å². The molecule has 1 aromatic carbocycles. The highest BCUT2D eigenvalue weighted by Crippen LogP contribution is 2.30. The number of nitrogens with two attached hydrogens (primary N) is 1. The number of hydrogen-bond donors (Lipinski definition) is 1. The van der Waals surface area contributed by atoms with Crippen molar-refractivity contribution in [3.8, 4) is 0 Å². The molecule has 7 heteroatoms. The van der Waals surface area contributed by atoms with Crippen molar-refractivity contribution in [2.24, 2.45) is 5.73 Å². The second-order valence-corrected chi connectivity index (χ2v) is 7.24. The van der Waals surface area contributed by atoms with Gasteiger partial charge in [0.25, 0.3) is 10.0 Å². The Bertz CT molecular complexity index is 730. The maximum absolute atomic E-state index is 12.5. The Morgan fingerprint density at radius 3 is 2.41 bits per heavy atom. The molecule has 3 rings (SSSR count). The largest absolute Gasteiger partial charge is 0.449 e. The van der Waals surface area contributed by atoms with Gasteiger partial charge in [0.05, 0.1) is 0 Å². The van der Waals surface area contributed by atoms with Gasteiger partial charge in [-0.25, -0.2) is 8.42 Å². The number of hydrogen-bond acceptors (Lipinski definition) is 4. The van der Waals surface area contributed by atoms with Crippen LogP contribution in [0.1, 0.15) is 17.2 Å². The lowest BCUT2D eigenvalue weighted by molar-refractivity contribution is 0.396. The molecule has 1 aliphatic heterocycles. The summed E-state index contributed by atoms with van der Waals surface area (Å²) in [6, 6.07) is 12.7. The summed E-state index contributed by atoms with van der Waals surface area (Å²) in [5, 5.41) is -0.0130. The number of nitrogens with zero attached hydrogens (tertiary/aromatic N) is 1. The van der Waals surface area contributed by atoms with Gasteiger partial charge in [0.15, 0.2) is 0 Å². The van der Waals surface area contributed by atoms with Crippen LogP contribution in [-0.2, 0) is 10.0 Å². The smallest absolute Gasteiger partial charge is 0.276 e. The Morgan fingerprint density at radius 2 is 1.82 bits per heavy atom. The predicted molar refractivity (Wildman–Crippen MR) is 86.6 cm³/mol. The Morgan fingerprint density at radius 1 is 1.14 bits per heavy atom. The van der Waals surface area contributed by atoms with Gasteiger partial charge in [-0.15, -0.1) is 12.4 Å². The molecule has 22 heavy (non-hydrogen) atoms. The van der Waals surface area contributed by atoms with Crippen LogP contribution in [0.3, 0.4) is 0 Å². The number of rotatable bonds is 3. The van der Waals surface area contributed by atoms with Gasteiger partial charge in [0.1, 0.15) is 5.76 Å². The third-order valence-electron chi connectivity index (χ3n) is 3.87. The third-order valence-corrected chi connectivity index (χ3v) is 5.58. The molecule has 5 nitrogen and oxygen atoms in total. The van der Waals surface area contributed by atoms with E-state index in [0.29, 0.717) is 18.8 Å². The molecule has 0 spiro atoms. The van der Waals surface area contributed by atoms with E-state index in [9.17, 15) is 8.42 Å². The first kappa shape index (κ1) is 17.0. The van der Waals surface area contributed by atoms with E-state index in [4.69, 9.17) is 10.2 Å². The van der Waals surface area contributed by atoms with Gasteiger partial charge in [0.2, 0.25) is 5.09 Å². The summed E-state index contributed by atoms with van der Waals surface area (Å²) in [6.07, 6.45) is 0. The molecule has 1 fully saturated rings. The number of aryl methyl sites for hydroxylation is 1. The van der Waals surface area contributed by atoms with Gasteiger partial charge < -0.3 is 10.2 Å². The molecule has 0 amide bonds. The normalized spacial score (nSPS) is 22.5. The lowest BCUT2D eigenvalue weighted by Crippen LogP contribution is -2.32. The van der Waals surface area contributed by atoms with Crippen LogP contribution < -0.4 is 5.73 Å². The van der Waals surface area contributed by atoms with Gasteiger partial charge in [-0.1, -0.05) is 30.3 Å². The van der Waals surface area contributed by atoms with Gasteiger partial charge in [-0.3, -0.25) is 0 Å². The molecule has 0 saturated carbocycles. The molecule has 0 bridgehead atoms. The monoisotopic (exact) mass is 342 g/mol. The zero-order valence-electron chi connectivity index (χ0n) is 12.2. The van der Waals surface area contributed by atoms with E-state index in [-0.39, 0.29) is 29.5 Å². The summed E-state index contributed by atoms with van der Waals surface area (Å²) in [6.45, 7) is 2.41. The summed E-state index contributed by atoms with van der Waals surface area (Å²) in [5.41, 5.74) is 7.21. The zero-order chi connectivity index (χ0) is 15.0. The highest BCUT2D eigenvalue weighted by molar-refractivity contribution is 7.89. The molecule has 2 aromatic rings. The molecular weight excluding hydrogens is 324 g/mol. The quantitative estimate of drug-likeness (QED) is 0.927. The summed E-state index contributed by atoms with van der Waals surface area (Å²) in [5.74, 6) is 0.591. The van der Waals surface area contributed by atoms with E-state index in [0.717, 1.165) is 5.56 Å². The van der Waals surface area contributed by atoms with Crippen molar-refractivity contribution in [1.29, 1.82) is 0 Å². The number of benzene rings is 1. The van der Waals surface area contributed by atoms with Gasteiger partial charge in [-0.05, 0) is 24.6 Å². The standard InChI is InChI=1S/C15H18N2O3S.ClH/c1-11-7-8-15(20-11)21(18,19)17-9-13(14(16)10-17)12-5-3-2-4-6-12;/h2-8,13-14H,9-10,16H2,1H3;1H/t13-,14+;/m0./s1. The fourth-order valence-electron chi connectivity index (χ4n) is 2.72. The van der Waals surface area contributed by atoms with E-state index in [1.54, 1.807) is 13.0 Å². The minimum Gasteiger partial charge on any atom is -0.449 e. The molecule has 1 saturated heterocycles. The highest BCUT2D eigenvalue weighted by Gasteiger charge is 2.39. The van der Waals surface area contributed by atoms with E-state index in [2.05, 4.69) is 0 Å². The van der Waals surface area contributed by atoms with Crippen LogP contribution >= 0.6 is 12.4 Å². The highest BCUT2D eigenvalue weighted by atomic mass is 35.5. The molecule has 2 N–H and O–H groups in total. The van der Waals surface area contributed by atoms with Gasteiger partial charge in [0, 0.05) is 25.0 Å². The minimum absolute atomic E-state index is 0. The SMILES string of the molecule is Cc1ccc(S(=O)(=O)N2C[C@@H](N)[C@H](c3ccccc3)C2)o1.Cl. The average Bonchev–Trinajstić information content (AvgIpc) is 3.07. The number of furan rings is 1. The van der Waals surface area contributed by atoms with E-state index in [1.165, 1.54) is 10.4 Å². The summed E-state index contributed by atoms with van der Waals surface area (Å²) in [7, 11) is -3.61. The number of halogens is 1. The topological polar surface area (TPSA) is 76.5 Å². The Labute approximate surface area is 136 Å². The van der Waals surface area contributed by atoms with Crippen molar-refractivity contribution < 1.29 is 12.8 Å². The zero-order valence-corrected chi connectivity index (χ0v) is 13.8. The van der Waals surface area contributed by atoms with Crippen molar-refractivity contribution in [1.82, 2.24) is 4.31 Å². The molecule has 0 unspecified atom stereocenters. The van der Waals surface area contributed by atoms with Crippen LogP contribution in [0.5, 0.6) is 0 Å². The van der Waals surface area contributed by atoms with E-state index < -0.39 is 10.0 Å². The first-order valence-corrected chi connectivity index (χ1v) is 8.29. The summed E-state index contributed by atoms with van der Waals surface area (Å²) in [4.78, 5) is 0. The molecule has 1 aromatic heterocycles. The molecular formula is C15H19ClN2O3S. The molecule has 120 valence electrons. The van der Waals surface area contributed by atoms with Crippen molar-refractivity contribution in [2.45, 2.75) is 24.0 Å². The molecule has 1 aliphatic rings. The third kappa shape index (κ3) is 3.05. The number of sulfonamides is 1. The Kier molecular flexibility index (Phi) is 4.97. The minimum atomic E-state index is -3.61. The van der Waals surface area contributed by atoms with E-state index in [1.807, 2.05) is 30.3 Å². The van der Waals surface area contributed by atoms with Crippen LogP contribution in [0, 0.1) is 6.92 Å². The lowest BCUT2D eigenvalue weighted by atomic mass is 9.95. The first-order chi connectivity index (χ1) is 9.98. The Hall–Kier alpha value is -1.34. The summed E-state index contributed by atoms with van der Waals surface area (Å²) >= 11 is 0. The fraction of sp³-hybridized carbons (Fsp3) is 0.333. The predicted octanol–water partition coefficient (Wildman–Crippen LogP) is 2.13. The van der Waals surface area contributed by atoms with E-state index >= 15 is 0 Å². The first-order valence-electron chi connectivity index (χ1n) is 6.85. The van der Waals surface area contributed by atoms with Crippen LogP contribution in [0.25, 0.3) is 0 Å². The van der Waals surface area contributed by atoms with Gasteiger partial charge in [-0.2, -0.15) is 4.31 Å². The van der Waals surface area contributed by atoms with Crippen LogP contribution in [0.15, 0.2) is 52.0 Å². The molecule has 2 heterocycles. The average molecular weight is 343 g/mol.